The molecule has 0 spiro atoms. The Morgan fingerprint density at radius 3 is 2.82 bits per heavy atom. The molecule has 22 heavy (non-hydrogen) atoms. The SMILES string of the molecule is CNC(=O)c1noc(CN2CCC(c3n[nH]c(C)n3)CC2)n1. The fraction of sp³-hybridized carbons (Fsp3) is 0.615. The third-order valence-electron chi connectivity index (χ3n) is 3.82. The first-order chi connectivity index (χ1) is 10.7. The molecule has 1 amide bonds. The molecule has 3 heterocycles. The number of aryl methyl sites for hydroxylation is 1. The van der Waals surface area contributed by atoms with Gasteiger partial charge in [-0.3, -0.25) is 14.8 Å². The first-order valence-corrected chi connectivity index (χ1v) is 7.31. The van der Waals surface area contributed by atoms with Crippen LogP contribution in [0.25, 0.3) is 0 Å². The van der Waals surface area contributed by atoms with Crippen LogP contribution in [0.5, 0.6) is 0 Å². The van der Waals surface area contributed by atoms with Gasteiger partial charge in [0.2, 0.25) is 5.89 Å². The summed E-state index contributed by atoms with van der Waals surface area (Å²) in [7, 11) is 1.54. The number of nitrogens with zero attached hydrogens (tertiary/aromatic N) is 5. The van der Waals surface area contributed by atoms with E-state index in [2.05, 4.69) is 35.5 Å². The summed E-state index contributed by atoms with van der Waals surface area (Å²) in [4.78, 5) is 22.1. The molecule has 0 radical (unpaired) electrons. The summed E-state index contributed by atoms with van der Waals surface area (Å²) in [5, 5.41) is 13.3. The van der Waals surface area contributed by atoms with Crippen molar-refractivity contribution >= 4 is 5.91 Å². The molecule has 118 valence electrons. The summed E-state index contributed by atoms with van der Waals surface area (Å²) in [5.74, 6) is 2.34. The second kappa shape index (κ2) is 6.22. The maximum atomic E-state index is 11.4. The predicted octanol–water partition coefficient (Wildman–Crippen LogP) is 0.235. The Hall–Kier alpha value is -2.29. The molecule has 2 N–H and O–H groups in total. The molecule has 2 aromatic rings. The zero-order valence-electron chi connectivity index (χ0n) is 12.7. The van der Waals surface area contributed by atoms with E-state index in [1.807, 2.05) is 6.92 Å². The molecule has 9 heteroatoms. The number of amides is 1. The monoisotopic (exact) mass is 305 g/mol. The van der Waals surface area contributed by atoms with E-state index < -0.39 is 0 Å². The predicted molar refractivity (Wildman–Crippen MR) is 76.1 cm³/mol. The van der Waals surface area contributed by atoms with Crippen LogP contribution in [0.2, 0.25) is 0 Å². The molecular weight excluding hydrogens is 286 g/mol. The molecule has 1 fully saturated rings. The van der Waals surface area contributed by atoms with E-state index in [-0.39, 0.29) is 11.7 Å². The largest absolute Gasteiger partial charge is 0.352 e. The van der Waals surface area contributed by atoms with Gasteiger partial charge in [-0.05, 0) is 32.9 Å². The van der Waals surface area contributed by atoms with Crippen LogP contribution in [-0.2, 0) is 6.54 Å². The third-order valence-corrected chi connectivity index (χ3v) is 3.82. The normalized spacial score (nSPS) is 16.8. The number of hydrogen-bond donors (Lipinski definition) is 2. The lowest BCUT2D eigenvalue weighted by atomic mass is 9.96. The number of piperidine rings is 1. The molecule has 0 aliphatic carbocycles. The van der Waals surface area contributed by atoms with Gasteiger partial charge in [-0.25, -0.2) is 4.98 Å². The van der Waals surface area contributed by atoms with Gasteiger partial charge in [-0.15, -0.1) is 0 Å². The first-order valence-electron chi connectivity index (χ1n) is 7.31. The average molecular weight is 305 g/mol. The van der Waals surface area contributed by atoms with Gasteiger partial charge >= 0.3 is 0 Å². The number of carbonyl (C=O) groups is 1. The first kappa shape index (κ1) is 14.6. The maximum Gasteiger partial charge on any atom is 0.292 e. The van der Waals surface area contributed by atoms with E-state index in [1.54, 1.807) is 0 Å². The Balaban J connectivity index is 1.53. The number of hydrogen-bond acceptors (Lipinski definition) is 7. The molecule has 0 unspecified atom stereocenters. The van der Waals surface area contributed by atoms with Crippen LogP contribution in [0, 0.1) is 6.92 Å². The minimum absolute atomic E-state index is 0.0728. The zero-order valence-corrected chi connectivity index (χ0v) is 12.7. The second-order valence-corrected chi connectivity index (χ2v) is 5.42. The van der Waals surface area contributed by atoms with Gasteiger partial charge in [0.1, 0.15) is 5.82 Å². The highest BCUT2D eigenvalue weighted by atomic mass is 16.5. The average Bonchev–Trinajstić information content (AvgIpc) is 3.16. The third kappa shape index (κ3) is 3.14. The highest BCUT2D eigenvalue weighted by Gasteiger charge is 2.25. The van der Waals surface area contributed by atoms with E-state index >= 15 is 0 Å². The molecule has 0 aromatic carbocycles. The van der Waals surface area contributed by atoms with Crippen molar-refractivity contribution in [3.8, 4) is 0 Å². The number of likely N-dealkylation sites (tertiary alicyclic amines) is 1. The standard InChI is InChI=1S/C13H19N7O2/c1-8-15-11(18-17-8)9-3-5-20(6-4-9)7-10-16-12(19-22-10)13(21)14-2/h9H,3-7H2,1-2H3,(H,14,21)(H,15,17,18). The maximum absolute atomic E-state index is 11.4. The Kier molecular flexibility index (Phi) is 4.14. The number of H-pyrrole nitrogens is 1. The van der Waals surface area contributed by atoms with Gasteiger partial charge in [0, 0.05) is 13.0 Å². The van der Waals surface area contributed by atoms with Crippen molar-refractivity contribution in [2.75, 3.05) is 20.1 Å². The Labute approximate surface area is 127 Å². The van der Waals surface area contributed by atoms with Crippen LogP contribution in [0.4, 0.5) is 0 Å². The van der Waals surface area contributed by atoms with Crippen LogP contribution in [-0.4, -0.2) is 56.3 Å². The molecule has 3 rings (SSSR count). The molecule has 1 saturated heterocycles. The van der Waals surface area contributed by atoms with E-state index in [9.17, 15) is 4.79 Å². The highest BCUT2D eigenvalue weighted by Crippen LogP contribution is 2.26. The van der Waals surface area contributed by atoms with Gasteiger partial charge < -0.3 is 9.84 Å². The van der Waals surface area contributed by atoms with Crippen molar-refractivity contribution in [1.29, 1.82) is 0 Å². The van der Waals surface area contributed by atoms with Crippen molar-refractivity contribution in [3.05, 3.63) is 23.4 Å². The number of aromatic nitrogens is 5. The minimum atomic E-state index is -0.339. The van der Waals surface area contributed by atoms with Gasteiger partial charge in [0.25, 0.3) is 11.7 Å². The smallest absolute Gasteiger partial charge is 0.292 e. The van der Waals surface area contributed by atoms with Crippen LogP contribution >= 0.6 is 0 Å². The Morgan fingerprint density at radius 2 is 2.18 bits per heavy atom. The lowest BCUT2D eigenvalue weighted by Gasteiger charge is -2.29. The topological polar surface area (TPSA) is 113 Å². The second-order valence-electron chi connectivity index (χ2n) is 5.42. The number of nitrogens with one attached hydrogen (secondary N) is 2. The lowest BCUT2D eigenvalue weighted by molar-refractivity contribution is 0.0950. The summed E-state index contributed by atoms with van der Waals surface area (Å²) < 4.78 is 5.11. The molecule has 1 aliphatic heterocycles. The number of aromatic amines is 1. The quantitative estimate of drug-likeness (QED) is 0.831. The van der Waals surface area contributed by atoms with Crippen LogP contribution in [0.1, 0.15) is 46.9 Å². The summed E-state index contributed by atoms with van der Waals surface area (Å²) in [6.07, 6.45) is 1.99. The molecule has 2 aromatic heterocycles. The number of carbonyl (C=O) groups excluding carboxylic acids is 1. The number of rotatable bonds is 4. The lowest BCUT2D eigenvalue weighted by Crippen LogP contribution is -2.33. The molecule has 1 aliphatic rings. The molecular formula is C13H19N7O2. The van der Waals surface area contributed by atoms with Crippen molar-refractivity contribution in [2.45, 2.75) is 32.2 Å². The van der Waals surface area contributed by atoms with Crippen molar-refractivity contribution < 1.29 is 9.32 Å². The fourth-order valence-corrected chi connectivity index (χ4v) is 2.61. The molecule has 0 atom stereocenters. The zero-order chi connectivity index (χ0) is 15.5. The van der Waals surface area contributed by atoms with E-state index in [4.69, 9.17) is 4.52 Å². The fourth-order valence-electron chi connectivity index (χ4n) is 2.61. The van der Waals surface area contributed by atoms with Crippen LogP contribution in [0.15, 0.2) is 4.52 Å². The van der Waals surface area contributed by atoms with Crippen LogP contribution in [0.3, 0.4) is 0 Å². The van der Waals surface area contributed by atoms with Gasteiger partial charge in [0.15, 0.2) is 5.82 Å². The minimum Gasteiger partial charge on any atom is -0.352 e. The molecule has 0 bridgehead atoms. The summed E-state index contributed by atoms with van der Waals surface area (Å²) in [5.41, 5.74) is 0. The summed E-state index contributed by atoms with van der Waals surface area (Å²) >= 11 is 0. The Morgan fingerprint density at radius 1 is 1.41 bits per heavy atom. The summed E-state index contributed by atoms with van der Waals surface area (Å²) in [6.45, 7) is 4.29. The molecule has 0 saturated carbocycles. The van der Waals surface area contributed by atoms with Gasteiger partial charge in [-0.2, -0.15) is 10.1 Å². The van der Waals surface area contributed by atoms with Gasteiger partial charge in [-0.1, -0.05) is 5.16 Å². The van der Waals surface area contributed by atoms with Crippen molar-refractivity contribution in [3.63, 3.8) is 0 Å². The van der Waals surface area contributed by atoms with E-state index in [0.29, 0.717) is 18.4 Å². The summed E-state index contributed by atoms with van der Waals surface area (Å²) in [6, 6.07) is 0. The van der Waals surface area contributed by atoms with Crippen molar-refractivity contribution in [1.82, 2.24) is 35.5 Å². The van der Waals surface area contributed by atoms with Crippen LogP contribution < -0.4 is 5.32 Å². The van der Waals surface area contributed by atoms with E-state index in [1.165, 1.54) is 7.05 Å². The van der Waals surface area contributed by atoms with Gasteiger partial charge in [0.05, 0.1) is 6.54 Å². The van der Waals surface area contributed by atoms with E-state index in [0.717, 1.165) is 37.6 Å². The van der Waals surface area contributed by atoms with Crippen molar-refractivity contribution in [2.24, 2.45) is 0 Å². The Bertz CT molecular complexity index is 642. The highest BCUT2D eigenvalue weighted by molar-refractivity contribution is 5.89. The molecule has 9 nitrogen and oxygen atoms in total.